The molecule has 2 amide bonds. The Hall–Kier alpha value is -3.42. The molecule has 1 aromatic carbocycles. The number of hydrogen-bond acceptors (Lipinski definition) is 7. The molecule has 1 aliphatic rings. The maximum atomic E-state index is 12.5. The second kappa shape index (κ2) is 6.33. The smallest absolute Gasteiger partial charge is 0.404 e. The molecule has 28 heavy (non-hydrogen) atoms. The third kappa shape index (κ3) is 3.17. The zero-order chi connectivity index (χ0) is 21.0. The fourth-order valence-electron chi connectivity index (χ4n) is 2.59. The monoisotopic (exact) mass is 462 g/mol. The van der Waals surface area contributed by atoms with Gasteiger partial charge in [-0.25, -0.2) is 0 Å². The molecule has 1 aliphatic heterocycles. The van der Waals surface area contributed by atoms with E-state index in [9.17, 15) is 37.7 Å². The number of nitrogen functional groups attached to an aromatic ring is 1. The van der Waals surface area contributed by atoms with Crippen LogP contribution in [0, 0.1) is 10.1 Å². The number of nitrogens with one attached hydrogen (secondary N) is 1. The summed E-state index contributed by atoms with van der Waals surface area (Å²) in [6.45, 7) is 0. The van der Waals surface area contributed by atoms with Crippen LogP contribution >= 0.6 is 15.9 Å². The number of alkyl halides is 3. The number of benzene rings is 1. The van der Waals surface area contributed by atoms with Gasteiger partial charge in [-0.05, 0) is 22.0 Å². The molecule has 146 valence electrons. The number of hydrogen-bond donors (Lipinski definition) is 2. The zero-order valence-corrected chi connectivity index (χ0v) is 14.8. The molecule has 0 saturated heterocycles. The highest BCUT2D eigenvalue weighted by atomic mass is 79.9. The number of anilines is 1. The van der Waals surface area contributed by atoms with E-state index in [1.807, 2.05) is 5.32 Å². The number of rotatable bonds is 3. The largest absolute Gasteiger partial charge is 0.573 e. The lowest BCUT2D eigenvalue weighted by Crippen LogP contribution is -2.25. The van der Waals surface area contributed by atoms with Gasteiger partial charge in [-0.1, -0.05) is 0 Å². The lowest BCUT2D eigenvalue weighted by molar-refractivity contribution is -0.384. The number of pyridine rings is 1. The van der Waals surface area contributed by atoms with Crippen LogP contribution in [0.4, 0.5) is 24.7 Å². The van der Waals surface area contributed by atoms with Crippen molar-refractivity contribution >= 4 is 39.2 Å². The molecule has 0 unspecified atom stereocenters. The number of carbonyl (C=O) groups excluding carboxylic acids is 2. The fraction of sp³-hybridized carbons (Fsp3) is 0.0714. The number of nitro benzene ring substituents is 1. The molecule has 2 heterocycles. The SMILES string of the molecule is Nc1c2c(cc(=O)n1-c1cc(Br)c(OC(F)(F)F)cc1[N+](=O)[O-])C(=O)NC2=O. The van der Waals surface area contributed by atoms with Gasteiger partial charge in [0.05, 0.1) is 26.6 Å². The number of carbonyl (C=O) groups is 2. The molecule has 0 fully saturated rings. The van der Waals surface area contributed by atoms with Crippen LogP contribution < -0.4 is 21.3 Å². The van der Waals surface area contributed by atoms with Crippen LogP contribution in [-0.2, 0) is 0 Å². The Bertz CT molecular complexity index is 1130. The number of imide groups is 1. The number of nitrogens with zero attached hydrogens (tertiary/aromatic N) is 2. The summed E-state index contributed by atoms with van der Waals surface area (Å²) in [5.74, 6) is -3.32. The minimum absolute atomic E-state index is 0.317. The summed E-state index contributed by atoms with van der Waals surface area (Å²) in [5, 5.41) is 13.3. The van der Waals surface area contributed by atoms with E-state index in [1.54, 1.807) is 0 Å². The predicted octanol–water partition coefficient (Wildman–Crippen LogP) is 1.87. The molecule has 0 spiro atoms. The maximum Gasteiger partial charge on any atom is 0.573 e. The molecule has 14 heteroatoms. The van der Waals surface area contributed by atoms with Gasteiger partial charge in [0.15, 0.2) is 5.75 Å². The van der Waals surface area contributed by atoms with Crippen molar-refractivity contribution in [3.05, 3.63) is 54.3 Å². The van der Waals surface area contributed by atoms with E-state index in [1.165, 1.54) is 0 Å². The van der Waals surface area contributed by atoms with E-state index in [2.05, 4.69) is 20.7 Å². The molecular formula is C14H6BrF3N4O6. The molecule has 0 saturated carbocycles. The van der Waals surface area contributed by atoms with Crippen LogP contribution in [0.2, 0.25) is 0 Å². The van der Waals surface area contributed by atoms with Gasteiger partial charge >= 0.3 is 6.36 Å². The molecule has 0 radical (unpaired) electrons. The normalized spacial score (nSPS) is 13.3. The first-order valence-corrected chi connectivity index (χ1v) is 7.85. The molecule has 10 nitrogen and oxygen atoms in total. The summed E-state index contributed by atoms with van der Waals surface area (Å²) >= 11 is 2.78. The highest BCUT2D eigenvalue weighted by molar-refractivity contribution is 9.10. The summed E-state index contributed by atoms with van der Waals surface area (Å²) in [5.41, 5.74) is 2.57. The molecule has 3 N–H and O–H groups in total. The minimum atomic E-state index is -5.13. The lowest BCUT2D eigenvalue weighted by atomic mass is 10.1. The van der Waals surface area contributed by atoms with Crippen molar-refractivity contribution in [2.45, 2.75) is 6.36 Å². The van der Waals surface area contributed by atoms with Crippen LogP contribution in [0.3, 0.4) is 0 Å². The van der Waals surface area contributed by atoms with Crippen molar-refractivity contribution in [3.8, 4) is 11.4 Å². The zero-order valence-electron chi connectivity index (χ0n) is 13.2. The predicted molar refractivity (Wildman–Crippen MR) is 89.3 cm³/mol. The summed E-state index contributed by atoms with van der Waals surface area (Å²) in [6, 6.07) is 1.99. The lowest BCUT2D eigenvalue weighted by Gasteiger charge is -2.15. The maximum absolute atomic E-state index is 12.5. The van der Waals surface area contributed by atoms with E-state index in [0.717, 1.165) is 12.1 Å². The molecule has 3 rings (SSSR count). The number of ether oxygens (including phenoxy) is 1. The Morgan fingerprint density at radius 1 is 1.18 bits per heavy atom. The van der Waals surface area contributed by atoms with Crippen molar-refractivity contribution in [2.75, 3.05) is 5.73 Å². The number of fused-ring (bicyclic) bond motifs is 1. The van der Waals surface area contributed by atoms with Crippen molar-refractivity contribution in [2.24, 2.45) is 0 Å². The minimum Gasteiger partial charge on any atom is -0.404 e. The van der Waals surface area contributed by atoms with Gasteiger partial charge in [0.2, 0.25) is 0 Å². The summed E-state index contributed by atoms with van der Waals surface area (Å²) in [6.07, 6.45) is -5.13. The summed E-state index contributed by atoms with van der Waals surface area (Å²) in [7, 11) is 0. The number of aromatic nitrogens is 1. The van der Waals surface area contributed by atoms with Crippen molar-refractivity contribution in [1.82, 2.24) is 9.88 Å². The van der Waals surface area contributed by atoms with Gasteiger partial charge in [-0.15, -0.1) is 13.2 Å². The first kappa shape index (κ1) is 19.3. The molecule has 0 aliphatic carbocycles. The molecule has 2 aromatic rings. The van der Waals surface area contributed by atoms with Gasteiger partial charge < -0.3 is 10.5 Å². The summed E-state index contributed by atoms with van der Waals surface area (Å²) in [4.78, 5) is 46.2. The summed E-state index contributed by atoms with van der Waals surface area (Å²) < 4.78 is 41.3. The van der Waals surface area contributed by atoms with Crippen molar-refractivity contribution in [1.29, 1.82) is 0 Å². The van der Waals surface area contributed by atoms with Crippen molar-refractivity contribution < 1.29 is 32.4 Å². The van der Waals surface area contributed by atoms with E-state index < -0.39 is 51.6 Å². The van der Waals surface area contributed by atoms with E-state index in [-0.39, 0.29) is 15.6 Å². The highest BCUT2D eigenvalue weighted by Gasteiger charge is 2.35. The topological polar surface area (TPSA) is 147 Å². The standard InChI is InChI=1S/C14H6BrF3N4O6/c15-5-2-6(7(22(26)27)3-8(5)28-14(16,17)18)21-9(23)1-4-10(11(21)19)13(25)20-12(4)24/h1-3H,19H2,(H,20,24,25). The van der Waals surface area contributed by atoms with Crippen LogP contribution in [-0.4, -0.2) is 27.7 Å². The molecule has 0 bridgehead atoms. The Morgan fingerprint density at radius 2 is 1.82 bits per heavy atom. The second-order valence-electron chi connectivity index (χ2n) is 5.35. The Morgan fingerprint density at radius 3 is 2.39 bits per heavy atom. The first-order chi connectivity index (χ1) is 12.9. The first-order valence-electron chi connectivity index (χ1n) is 7.06. The van der Waals surface area contributed by atoms with Crippen LogP contribution in [0.1, 0.15) is 20.7 Å². The highest BCUT2D eigenvalue weighted by Crippen LogP contribution is 2.38. The van der Waals surface area contributed by atoms with Gasteiger partial charge in [0.25, 0.3) is 23.1 Å². The average molecular weight is 463 g/mol. The van der Waals surface area contributed by atoms with Crippen LogP contribution in [0.5, 0.6) is 5.75 Å². The number of nitrogens with two attached hydrogens (primary N) is 1. The third-order valence-corrected chi connectivity index (χ3v) is 4.27. The fourth-order valence-corrected chi connectivity index (χ4v) is 3.00. The Labute approximate surface area is 160 Å². The van der Waals surface area contributed by atoms with Gasteiger partial charge in [-0.3, -0.25) is 34.4 Å². The third-order valence-electron chi connectivity index (χ3n) is 3.65. The number of amides is 2. The van der Waals surface area contributed by atoms with Crippen LogP contribution in [0.15, 0.2) is 27.5 Å². The average Bonchev–Trinajstić information content (AvgIpc) is 2.82. The second-order valence-corrected chi connectivity index (χ2v) is 6.21. The van der Waals surface area contributed by atoms with E-state index in [4.69, 9.17) is 5.73 Å². The van der Waals surface area contributed by atoms with Crippen LogP contribution in [0.25, 0.3) is 5.69 Å². The quantitative estimate of drug-likeness (QED) is 0.402. The van der Waals surface area contributed by atoms with Gasteiger partial charge in [-0.2, -0.15) is 0 Å². The van der Waals surface area contributed by atoms with Crippen molar-refractivity contribution in [3.63, 3.8) is 0 Å². The number of nitro groups is 1. The Balaban J connectivity index is 2.31. The van der Waals surface area contributed by atoms with Gasteiger partial charge in [0, 0.05) is 6.07 Å². The van der Waals surface area contributed by atoms with E-state index >= 15 is 0 Å². The molecule has 1 aromatic heterocycles. The Kier molecular flexibility index (Phi) is 4.37. The number of halogens is 4. The van der Waals surface area contributed by atoms with Gasteiger partial charge in [0.1, 0.15) is 11.5 Å². The molecule has 0 atom stereocenters. The van der Waals surface area contributed by atoms with E-state index in [0.29, 0.717) is 10.6 Å². The molecular weight excluding hydrogens is 457 g/mol.